The molecule has 180 valence electrons. The molecule has 0 radical (unpaired) electrons. The maximum atomic E-state index is 13.1. The second kappa shape index (κ2) is 11.5. The van der Waals surface area contributed by atoms with E-state index in [0.29, 0.717) is 0 Å². The van der Waals surface area contributed by atoms with E-state index in [4.69, 9.17) is 18.9 Å². The highest BCUT2D eigenvalue weighted by Gasteiger charge is 2.56. The van der Waals surface area contributed by atoms with Gasteiger partial charge >= 0.3 is 18.0 Å². The monoisotopic (exact) mass is 542 g/mol. The van der Waals surface area contributed by atoms with Gasteiger partial charge in [0.05, 0.1) is 22.6 Å². The first-order valence-corrected chi connectivity index (χ1v) is 11.8. The fourth-order valence-electron chi connectivity index (χ4n) is 2.68. The second-order valence-electron chi connectivity index (χ2n) is 7.72. The van der Waals surface area contributed by atoms with Crippen molar-refractivity contribution in [2.75, 3.05) is 13.2 Å². The number of nitrogens with one attached hydrogen (secondary N) is 1. The lowest BCUT2D eigenvalue weighted by molar-refractivity contribution is -0.166. The Morgan fingerprint density at radius 2 is 1.61 bits per heavy atom. The number of carbonyl (C=O) groups is 3. The Bertz CT molecular complexity index is 955. The van der Waals surface area contributed by atoms with Gasteiger partial charge in [-0.15, -0.1) is 0 Å². The third-order valence-corrected chi connectivity index (χ3v) is 5.97. The first-order chi connectivity index (χ1) is 15.5. The van der Waals surface area contributed by atoms with Gasteiger partial charge in [-0.3, -0.25) is 5.32 Å². The molecule has 0 aliphatic carbocycles. The Labute approximate surface area is 205 Å². The Hall–Kier alpha value is -2.66. The molecule has 1 aromatic carbocycles. The molecule has 0 bridgehead atoms. The van der Waals surface area contributed by atoms with E-state index in [-0.39, 0.29) is 35.1 Å². The van der Waals surface area contributed by atoms with Crippen molar-refractivity contribution in [3.8, 4) is 5.88 Å². The molecule has 0 atom stereocenters. The summed E-state index contributed by atoms with van der Waals surface area (Å²) in [6.07, 6.45) is -1.00. The molecule has 0 fully saturated rings. The zero-order valence-corrected chi connectivity index (χ0v) is 21.5. The number of rotatable bonds is 9. The number of benzene rings is 1. The zero-order valence-electron chi connectivity index (χ0n) is 19.1. The summed E-state index contributed by atoms with van der Waals surface area (Å²) >= 11 is 4.16. The molecular weight excluding hydrogens is 516 g/mol. The van der Waals surface area contributed by atoms with Crippen molar-refractivity contribution < 1.29 is 33.3 Å². The van der Waals surface area contributed by atoms with E-state index in [9.17, 15) is 14.4 Å². The lowest BCUT2D eigenvalue weighted by atomic mass is 9.97. The van der Waals surface area contributed by atoms with Crippen LogP contribution in [0.2, 0.25) is 0 Å². The Balaban J connectivity index is 2.51. The first-order valence-electron chi connectivity index (χ1n) is 10.2. The minimum atomic E-state index is -2.35. The number of hydrogen-bond acceptors (Lipinski definition) is 9. The van der Waals surface area contributed by atoms with E-state index in [1.807, 2.05) is 30.3 Å². The SMILES string of the molecule is CCOC(=O)C(NC(=O)OC(C)(C)C)(C(=O)OCC)c1snc(OCc2ccccc2)c1Br. The maximum absolute atomic E-state index is 13.1. The first kappa shape index (κ1) is 26.6. The van der Waals surface area contributed by atoms with Crippen LogP contribution in [0.15, 0.2) is 34.8 Å². The van der Waals surface area contributed by atoms with Gasteiger partial charge in [-0.05, 0) is 67.6 Å². The molecule has 1 amide bonds. The summed E-state index contributed by atoms with van der Waals surface area (Å²) in [6.45, 7) is 8.25. The summed E-state index contributed by atoms with van der Waals surface area (Å²) in [5, 5.41) is 2.38. The van der Waals surface area contributed by atoms with E-state index >= 15 is 0 Å². The minimum Gasteiger partial charge on any atom is -0.471 e. The summed E-state index contributed by atoms with van der Waals surface area (Å²) < 4.78 is 25.8. The number of hydrogen-bond donors (Lipinski definition) is 1. The predicted molar refractivity (Wildman–Crippen MR) is 125 cm³/mol. The number of esters is 2. The lowest BCUT2D eigenvalue weighted by Crippen LogP contribution is -2.59. The minimum absolute atomic E-state index is 0.0355. The zero-order chi connectivity index (χ0) is 24.6. The second-order valence-corrected chi connectivity index (χ2v) is 9.29. The van der Waals surface area contributed by atoms with Crippen LogP contribution in [0, 0.1) is 0 Å². The maximum Gasteiger partial charge on any atom is 0.409 e. The molecular formula is C22H27BrN2O7S. The Morgan fingerprint density at radius 1 is 1.03 bits per heavy atom. The van der Waals surface area contributed by atoms with E-state index in [1.54, 1.807) is 34.6 Å². The standard InChI is InChI=1S/C22H27BrN2O7S/c1-6-29-18(26)22(19(27)30-7-2,24-20(28)32-21(3,4)5)16-15(23)17(25-33-16)31-13-14-11-9-8-10-12-14/h8-12H,6-7,13H2,1-5H3,(H,24,28). The molecule has 2 aromatic rings. The largest absolute Gasteiger partial charge is 0.471 e. The highest BCUT2D eigenvalue weighted by Crippen LogP contribution is 2.40. The van der Waals surface area contributed by atoms with E-state index in [1.165, 1.54) is 0 Å². The molecule has 0 spiro atoms. The molecule has 11 heteroatoms. The van der Waals surface area contributed by atoms with Gasteiger partial charge in [-0.25, -0.2) is 14.4 Å². The number of alkyl carbamates (subject to hydrolysis) is 1. The number of aromatic nitrogens is 1. The van der Waals surface area contributed by atoms with Crippen LogP contribution in [-0.2, 0) is 35.9 Å². The van der Waals surface area contributed by atoms with Crippen molar-refractivity contribution >= 4 is 45.5 Å². The highest BCUT2D eigenvalue weighted by atomic mass is 79.9. The van der Waals surface area contributed by atoms with Crippen LogP contribution in [0.1, 0.15) is 45.1 Å². The van der Waals surface area contributed by atoms with Gasteiger partial charge in [0.25, 0.3) is 5.54 Å². The van der Waals surface area contributed by atoms with Crippen LogP contribution in [0.3, 0.4) is 0 Å². The molecule has 0 aliphatic heterocycles. The predicted octanol–water partition coefficient (Wildman–Crippen LogP) is 4.33. The van der Waals surface area contributed by atoms with Gasteiger partial charge < -0.3 is 18.9 Å². The number of carbonyl (C=O) groups excluding carboxylic acids is 3. The number of nitrogens with zero attached hydrogens (tertiary/aromatic N) is 1. The number of ether oxygens (including phenoxy) is 4. The Morgan fingerprint density at radius 3 is 2.12 bits per heavy atom. The van der Waals surface area contributed by atoms with E-state index < -0.39 is 29.2 Å². The molecule has 0 aliphatic rings. The average Bonchev–Trinajstić information content (AvgIpc) is 3.11. The third-order valence-electron chi connectivity index (χ3n) is 4.02. The van der Waals surface area contributed by atoms with Crippen LogP contribution in [0.4, 0.5) is 4.79 Å². The summed E-state index contributed by atoms with van der Waals surface area (Å²) in [6, 6.07) is 9.39. The third kappa shape index (κ3) is 6.67. The van der Waals surface area contributed by atoms with Crippen LogP contribution in [-0.4, -0.2) is 41.2 Å². The molecule has 1 aromatic heterocycles. The summed E-state index contributed by atoms with van der Waals surface area (Å²) in [4.78, 5) is 39.0. The summed E-state index contributed by atoms with van der Waals surface area (Å²) in [7, 11) is 0. The van der Waals surface area contributed by atoms with Crippen molar-refractivity contribution in [2.45, 2.75) is 52.4 Å². The highest BCUT2D eigenvalue weighted by molar-refractivity contribution is 9.10. The summed E-state index contributed by atoms with van der Waals surface area (Å²) in [5.41, 5.74) is -2.33. The van der Waals surface area contributed by atoms with Crippen LogP contribution < -0.4 is 10.1 Å². The van der Waals surface area contributed by atoms with Crippen molar-refractivity contribution in [1.82, 2.24) is 9.69 Å². The molecule has 9 nitrogen and oxygen atoms in total. The molecule has 0 saturated heterocycles. The van der Waals surface area contributed by atoms with Gasteiger partial charge in [0.2, 0.25) is 5.88 Å². The molecule has 0 unspecified atom stereocenters. The van der Waals surface area contributed by atoms with Crippen molar-refractivity contribution in [1.29, 1.82) is 0 Å². The number of amides is 1. The quantitative estimate of drug-likeness (QED) is 0.283. The van der Waals surface area contributed by atoms with Gasteiger partial charge in [0, 0.05) is 0 Å². The summed E-state index contributed by atoms with van der Waals surface area (Å²) in [5.74, 6) is -1.93. The lowest BCUT2D eigenvalue weighted by Gasteiger charge is -2.30. The van der Waals surface area contributed by atoms with Crippen molar-refractivity contribution in [3.63, 3.8) is 0 Å². The molecule has 0 saturated carbocycles. The van der Waals surface area contributed by atoms with Crippen LogP contribution >= 0.6 is 27.5 Å². The molecule has 33 heavy (non-hydrogen) atoms. The fourth-order valence-corrected chi connectivity index (χ4v) is 4.35. The van der Waals surface area contributed by atoms with Crippen LogP contribution in [0.25, 0.3) is 0 Å². The fraction of sp³-hybridized carbons (Fsp3) is 0.455. The van der Waals surface area contributed by atoms with Crippen molar-refractivity contribution in [3.05, 3.63) is 45.2 Å². The number of halogens is 1. The normalized spacial score (nSPS) is 11.5. The van der Waals surface area contributed by atoms with Crippen molar-refractivity contribution in [2.24, 2.45) is 0 Å². The molecule has 1 heterocycles. The molecule has 1 N–H and O–H groups in total. The topological polar surface area (TPSA) is 113 Å². The van der Waals surface area contributed by atoms with Crippen LogP contribution in [0.5, 0.6) is 5.88 Å². The smallest absolute Gasteiger partial charge is 0.409 e. The van der Waals surface area contributed by atoms with Gasteiger partial charge in [0.1, 0.15) is 12.2 Å². The average molecular weight is 543 g/mol. The van der Waals surface area contributed by atoms with Gasteiger partial charge in [0.15, 0.2) is 0 Å². The van der Waals surface area contributed by atoms with Gasteiger partial charge in [-0.1, -0.05) is 30.3 Å². The van der Waals surface area contributed by atoms with E-state index in [0.717, 1.165) is 17.1 Å². The Kier molecular flexibility index (Phi) is 9.24. The molecule has 2 rings (SSSR count). The van der Waals surface area contributed by atoms with E-state index in [2.05, 4.69) is 25.6 Å². The van der Waals surface area contributed by atoms with Gasteiger partial charge in [-0.2, -0.15) is 4.37 Å².